The molecule has 1 heterocycles. The van der Waals surface area contributed by atoms with Crippen LogP contribution in [0, 0.1) is 11.8 Å². The van der Waals surface area contributed by atoms with Gasteiger partial charge in [0.25, 0.3) is 0 Å². The quantitative estimate of drug-likeness (QED) is 0.877. The summed E-state index contributed by atoms with van der Waals surface area (Å²) < 4.78 is 0. The van der Waals surface area contributed by atoms with Crippen LogP contribution in [0.2, 0.25) is 0 Å². The number of nitrogens with zero attached hydrogens (tertiary/aromatic N) is 2. The van der Waals surface area contributed by atoms with Gasteiger partial charge in [0, 0.05) is 32.2 Å². The first-order chi connectivity index (χ1) is 10.5. The molecule has 22 heavy (non-hydrogen) atoms. The summed E-state index contributed by atoms with van der Waals surface area (Å²) in [6.07, 6.45) is 0.222. The minimum atomic E-state index is -0.714. The zero-order valence-electron chi connectivity index (χ0n) is 13.9. The van der Waals surface area contributed by atoms with E-state index in [1.165, 1.54) is 5.56 Å². The van der Waals surface area contributed by atoms with Crippen LogP contribution in [-0.2, 0) is 11.3 Å². The Balaban J connectivity index is 1.92. The number of rotatable bonds is 6. The van der Waals surface area contributed by atoms with Gasteiger partial charge in [-0.1, -0.05) is 44.2 Å². The minimum absolute atomic E-state index is 0.222. The normalized spacial score (nSPS) is 26.3. The molecule has 2 unspecified atom stereocenters. The molecule has 1 fully saturated rings. The molecule has 1 aliphatic heterocycles. The fraction of sp³-hybridized carbons (Fsp3) is 0.611. The van der Waals surface area contributed by atoms with Gasteiger partial charge >= 0.3 is 5.97 Å². The van der Waals surface area contributed by atoms with Crippen molar-refractivity contribution in [2.45, 2.75) is 32.9 Å². The van der Waals surface area contributed by atoms with Crippen molar-refractivity contribution >= 4 is 5.97 Å². The molecule has 0 aromatic heterocycles. The summed E-state index contributed by atoms with van der Waals surface area (Å²) in [6, 6.07) is 11.1. The molecule has 2 rings (SSSR count). The van der Waals surface area contributed by atoms with Crippen LogP contribution in [0.15, 0.2) is 30.3 Å². The molecular formula is C18H28N2O2. The number of aliphatic carboxylic acids is 1. The topological polar surface area (TPSA) is 43.8 Å². The maximum Gasteiger partial charge on any atom is 0.304 e. The molecule has 4 nitrogen and oxygen atoms in total. The third kappa shape index (κ3) is 4.55. The van der Waals surface area contributed by atoms with Crippen LogP contribution in [0.1, 0.15) is 25.8 Å². The van der Waals surface area contributed by atoms with E-state index in [2.05, 4.69) is 61.0 Å². The molecule has 0 aliphatic carbocycles. The zero-order valence-corrected chi connectivity index (χ0v) is 13.9. The van der Waals surface area contributed by atoms with E-state index in [9.17, 15) is 4.79 Å². The van der Waals surface area contributed by atoms with Crippen LogP contribution in [0.4, 0.5) is 0 Å². The van der Waals surface area contributed by atoms with Gasteiger partial charge in [0.2, 0.25) is 0 Å². The van der Waals surface area contributed by atoms with Gasteiger partial charge in [0.05, 0.1) is 6.42 Å². The van der Waals surface area contributed by atoms with Crippen LogP contribution >= 0.6 is 0 Å². The fourth-order valence-corrected chi connectivity index (χ4v) is 3.93. The first kappa shape index (κ1) is 17.0. The lowest BCUT2D eigenvalue weighted by molar-refractivity contribution is -0.137. The molecule has 1 aromatic rings. The molecule has 1 saturated heterocycles. The Hall–Kier alpha value is -1.39. The van der Waals surface area contributed by atoms with Gasteiger partial charge in [-0.3, -0.25) is 9.69 Å². The van der Waals surface area contributed by atoms with E-state index >= 15 is 0 Å². The first-order valence-electron chi connectivity index (χ1n) is 8.15. The maximum absolute atomic E-state index is 10.8. The zero-order chi connectivity index (χ0) is 16.1. The van der Waals surface area contributed by atoms with Crippen molar-refractivity contribution in [1.29, 1.82) is 0 Å². The minimum Gasteiger partial charge on any atom is -0.481 e. The summed E-state index contributed by atoms with van der Waals surface area (Å²) >= 11 is 0. The number of carbonyl (C=O) groups is 1. The monoisotopic (exact) mass is 304 g/mol. The second-order valence-electron chi connectivity index (χ2n) is 6.75. The highest BCUT2D eigenvalue weighted by Crippen LogP contribution is 2.27. The number of carboxylic acids is 1. The average Bonchev–Trinajstić information content (AvgIpc) is 2.45. The van der Waals surface area contributed by atoms with E-state index in [-0.39, 0.29) is 6.42 Å². The van der Waals surface area contributed by atoms with E-state index in [0.29, 0.717) is 24.4 Å². The molecule has 0 bridgehead atoms. The van der Waals surface area contributed by atoms with Gasteiger partial charge in [0.1, 0.15) is 0 Å². The molecule has 0 amide bonds. The largest absolute Gasteiger partial charge is 0.481 e. The van der Waals surface area contributed by atoms with Crippen molar-refractivity contribution in [2.75, 3.05) is 26.7 Å². The Morgan fingerprint density at radius 2 is 1.82 bits per heavy atom. The Morgan fingerprint density at radius 1 is 1.23 bits per heavy atom. The second-order valence-corrected chi connectivity index (χ2v) is 6.75. The number of hydrogen-bond donors (Lipinski definition) is 1. The lowest BCUT2D eigenvalue weighted by Gasteiger charge is -2.45. The Kier molecular flexibility index (Phi) is 5.98. The smallest absolute Gasteiger partial charge is 0.304 e. The third-order valence-corrected chi connectivity index (χ3v) is 4.69. The number of hydrogen-bond acceptors (Lipinski definition) is 3. The summed E-state index contributed by atoms with van der Waals surface area (Å²) in [5.74, 6) is 0.381. The Labute approximate surface area is 133 Å². The molecule has 2 atom stereocenters. The predicted molar refractivity (Wildman–Crippen MR) is 88.7 cm³/mol. The molecule has 1 aromatic carbocycles. The molecule has 1 aliphatic rings. The summed E-state index contributed by atoms with van der Waals surface area (Å²) in [7, 11) is 2.06. The van der Waals surface area contributed by atoms with Crippen molar-refractivity contribution in [1.82, 2.24) is 9.80 Å². The standard InChI is InChI=1S/C18H28N2O2/c1-14-11-20(13-16-7-5-4-6-8-16)12-15(2)18(14)19(3)10-9-17(21)22/h4-8,14-15,18H,9-13H2,1-3H3,(H,21,22). The number of likely N-dealkylation sites (tertiary alicyclic amines) is 1. The van der Waals surface area contributed by atoms with Crippen LogP contribution in [0.25, 0.3) is 0 Å². The summed E-state index contributed by atoms with van der Waals surface area (Å²) in [5.41, 5.74) is 1.36. The van der Waals surface area contributed by atoms with E-state index < -0.39 is 5.97 Å². The van der Waals surface area contributed by atoms with Crippen molar-refractivity contribution in [3.8, 4) is 0 Å². The number of carboxylic acid groups (broad SMARTS) is 1. The van der Waals surface area contributed by atoms with Gasteiger partial charge in [-0.15, -0.1) is 0 Å². The first-order valence-corrected chi connectivity index (χ1v) is 8.15. The van der Waals surface area contributed by atoms with Crippen molar-refractivity contribution in [2.24, 2.45) is 11.8 Å². The molecule has 0 saturated carbocycles. The second kappa shape index (κ2) is 7.75. The number of benzene rings is 1. The van der Waals surface area contributed by atoms with Crippen LogP contribution in [-0.4, -0.2) is 53.6 Å². The Bertz CT molecular complexity index is 465. The molecule has 0 radical (unpaired) electrons. The highest BCUT2D eigenvalue weighted by molar-refractivity contribution is 5.66. The van der Waals surface area contributed by atoms with Gasteiger partial charge < -0.3 is 10.0 Å². The van der Waals surface area contributed by atoms with Crippen molar-refractivity contribution in [3.63, 3.8) is 0 Å². The SMILES string of the molecule is CC1CN(Cc2ccccc2)CC(C)C1N(C)CCC(=O)O. The summed E-state index contributed by atoms with van der Waals surface area (Å²) in [5, 5.41) is 8.86. The summed E-state index contributed by atoms with van der Waals surface area (Å²) in [4.78, 5) is 15.5. The molecular weight excluding hydrogens is 276 g/mol. The molecule has 1 N–H and O–H groups in total. The van der Waals surface area contributed by atoms with E-state index in [0.717, 1.165) is 19.6 Å². The molecule has 0 spiro atoms. The van der Waals surface area contributed by atoms with E-state index in [4.69, 9.17) is 5.11 Å². The fourth-order valence-electron chi connectivity index (χ4n) is 3.93. The maximum atomic E-state index is 10.8. The molecule has 4 heteroatoms. The predicted octanol–water partition coefficient (Wildman–Crippen LogP) is 2.55. The third-order valence-electron chi connectivity index (χ3n) is 4.69. The lowest BCUT2D eigenvalue weighted by Crippen LogP contribution is -2.53. The van der Waals surface area contributed by atoms with Gasteiger partial charge in [-0.25, -0.2) is 0 Å². The molecule has 122 valence electrons. The van der Waals surface area contributed by atoms with E-state index in [1.807, 2.05) is 0 Å². The van der Waals surface area contributed by atoms with Crippen LogP contribution in [0.3, 0.4) is 0 Å². The average molecular weight is 304 g/mol. The van der Waals surface area contributed by atoms with E-state index in [1.54, 1.807) is 0 Å². The Morgan fingerprint density at radius 3 is 2.36 bits per heavy atom. The highest BCUT2D eigenvalue weighted by Gasteiger charge is 2.34. The van der Waals surface area contributed by atoms with Gasteiger partial charge in [0.15, 0.2) is 0 Å². The van der Waals surface area contributed by atoms with Crippen LogP contribution in [0.5, 0.6) is 0 Å². The van der Waals surface area contributed by atoms with Crippen molar-refractivity contribution in [3.05, 3.63) is 35.9 Å². The van der Waals surface area contributed by atoms with Crippen molar-refractivity contribution < 1.29 is 9.90 Å². The number of piperidine rings is 1. The highest BCUT2D eigenvalue weighted by atomic mass is 16.4. The summed E-state index contributed by atoms with van der Waals surface area (Å²) in [6.45, 7) is 8.35. The van der Waals surface area contributed by atoms with Gasteiger partial charge in [-0.2, -0.15) is 0 Å². The lowest BCUT2D eigenvalue weighted by atomic mass is 9.84. The van der Waals surface area contributed by atoms with Gasteiger partial charge in [-0.05, 0) is 24.4 Å². The van der Waals surface area contributed by atoms with Crippen LogP contribution < -0.4 is 0 Å².